The molecule has 2 aliphatic carbocycles. The van der Waals surface area contributed by atoms with Crippen molar-refractivity contribution in [3.63, 3.8) is 0 Å². The van der Waals surface area contributed by atoms with Crippen LogP contribution in [0.25, 0.3) is 11.4 Å². The van der Waals surface area contributed by atoms with E-state index in [0.29, 0.717) is 24.0 Å². The van der Waals surface area contributed by atoms with E-state index in [1.54, 1.807) is 7.11 Å². The number of H-pyrrole nitrogens is 1. The monoisotopic (exact) mass is 368 g/mol. The number of ether oxygens (including phenoxy) is 2. The molecule has 144 valence electrons. The molecule has 1 N–H and O–H groups in total. The summed E-state index contributed by atoms with van der Waals surface area (Å²) in [5.74, 6) is 1.68. The van der Waals surface area contributed by atoms with E-state index in [1.165, 1.54) is 56.8 Å². The number of nitrogens with zero attached hydrogens (tertiary/aromatic N) is 1. The van der Waals surface area contributed by atoms with Crippen LogP contribution in [0.3, 0.4) is 0 Å². The lowest BCUT2D eigenvalue weighted by atomic mass is 9.68. The number of aromatic nitrogens is 2. The molecule has 0 saturated heterocycles. The van der Waals surface area contributed by atoms with Gasteiger partial charge in [0.15, 0.2) is 0 Å². The van der Waals surface area contributed by atoms with Gasteiger partial charge in [-0.05, 0) is 67.2 Å². The summed E-state index contributed by atoms with van der Waals surface area (Å²) in [5.41, 5.74) is 6.57. The van der Waals surface area contributed by atoms with Gasteiger partial charge in [-0.1, -0.05) is 12.8 Å². The van der Waals surface area contributed by atoms with Crippen molar-refractivity contribution in [2.45, 2.75) is 63.9 Å². The molecule has 0 bridgehead atoms. The Hall–Kier alpha value is -2.14. The molecular weight excluding hydrogens is 340 g/mol. The third-order valence-electron chi connectivity index (χ3n) is 6.29. The summed E-state index contributed by atoms with van der Waals surface area (Å²) in [5, 5.41) is 0. The standard InChI is InChI=1S/C22H28N2O3/c1-13-17(22(25)27-3)10-18(21-23-11-16(24-21)12-26-2)20(15-8-5-9-15)19(13)14-6-4-7-14/h10-11,14-15H,4-9,12H2,1-3H3,(H,23,24). The lowest BCUT2D eigenvalue weighted by Crippen LogP contribution is -2.21. The SMILES string of the molecule is COCc1cnc(-c2cc(C(=O)OC)c(C)c(C3CCC3)c2C2CCC2)[nH]1. The number of imidazole rings is 1. The van der Waals surface area contributed by atoms with Crippen LogP contribution in [0, 0.1) is 6.92 Å². The molecule has 0 amide bonds. The Labute approximate surface area is 160 Å². The van der Waals surface area contributed by atoms with Crippen LogP contribution in [-0.4, -0.2) is 30.2 Å². The average Bonchev–Trinajstić information content (AvgIpc) is 3.03. The first-order valence-electron chi connectivity index (χ1n) is 9.93. The van der Waals surface area contributed by atoms with Crippen LogP contribution in [-0.2, 0) is 16.1 Å². The molecule has 1 aromatic carbocycles. The Kier molecular flexibility index (Phi) is 5.04. The van der Waals surface area contributed by atoms with Gasteiger partial charge in [0.25, 0.3) is 0 Å². The van der Waals surface area contributed by atoms with E-state index >= 15 is 0 Å². The molecule has 2 fully saturated rings. The van der Waals surface area contributed by atoms with Crippen molar-refractivity contribution in [1.29, 1.82) is 0 Å². The molecule has 1 heterocycles. The quantitative estimate of drug-likeness (QED) is 0.740. The number of hydrogen-bond donors (Lipinski definition) is 1. The van der Waals surface area contributed by atoms with Crippen LogP contribution in [0.2, 0.25) is 0 Å². The van der Waals surface area contributed by atoms with Crippen molar-refractivity contribution in [2.24, 2.45) is 0 Å². The van der Waals surface area contributed by atoms with E-state index in [2.05, 4.69) is 16.9 Å². The number of carbonyl (C=O) groups excluding carboxylic acids is 1. The van der Waals surface area contributed by atoms with Gasteiger partial charge in [0.1, 0.15) is 5.82 Å². The molecule has 1 aromatic heterocycles. The van der Waals surface area contributed by atoms with E-state index in [4.69, 9.17) is 9.47 Å². The Balaban J connectivity index is 1.92. The Bertz CT molecular complexity index is 847. The summed E-state index contributed by atoms with van der Waals surface area (Å²) in [4.78, 5) is 20.5. The van der Waals surface area contributed by atoms with Crippen LogP contribution < -0.4 is 0 Å². The second kappa shape index (κ2) is 7.47. The molecule has 0 radical (unpaired) electrons. The van der Waals surface area contributed by atoms with Gasteiger partial charge in [0, 0.05) is 12.7 Å². The fourth-order valence-corrected chi connectivity index (χ4v) is 4.43. The average molecular weight is 368 g/mol. The molecule has 0 atom stereocenters. The molecule has 0 aliphatic heterocycles. The van der Waals surface area contributed by atoms with E-state index in [9.17, 15) is 4.79 Å². The molecule has 0 unspecified atom stereocenters. The predicted molar refractivity (Wildman–Crippen MR) is 104 cm³/mol. The lowest BCUT2D eigenvalue weighted by Gasteiger charge is -2.37. The van der Waals surface area contributed by atoms with E-state index < -0.39 is 0 Å². The summed E-state index contributed by atoms with van der Waals surface area (Å²) in [7, 11) is 3.13. The lowest BCUT2D eigenvalue weighted by molar-refractivity contribution is 0.0599. The zero-order chi connectivity index (χ0) is 19.0. The first-order chi connectivity index (χ1) is 13.1. The number of carbonyl (C=O) groups is 1. The van der Waals surface area contributed by atoms with Crippen molar-refractivity contribution in [3.05, 3.63) is 40.2 Å². The first-order valence-corrected chi connectivity index (χ1v) is 9.93. The number of esters is 1. The van der Waals surface area contributed by atoms with Crippen molar-refractivity contribution in [1.82, 2.24) is 9.97 Å². The molecule has 27 heavy (non-hydrogen) atoms. The molecule has 4 rings (SSSR count). The minimum atomic E-state index is -0.266. The normalized spacial score (nSPS) is 17.4. The fraction of sp³-hybridized carbons (Fsp3) is 0.545. The van der Waals surface area contributed by atoms with Crippen molar-refractivity contribution < 1.29 is 14.3 Å². The number of methoxy groups -OCH3 is 2. The Morgan fingerprint density at radius 3 is 2.37 bits per heavy atom. The third kappa shape index (κ3) is 3.18. The van der Waals surface area contributed by atoms with Crippen LogP contribution >= 0.6 is 0 Å². The van der Waals surface area contributed by atoms with Crippen molar-refractivity contribution in [3.8, 4) is 11.4 Å². The van der Waals surface area contributed by atoms with E-state index in [1.807, 2.05) is 12.3 Å². The van der Waals surface area contributed by atoms with Gasteiger partial charge in [0.05, 0.1) is 31.2 Å². The highest BCUT2D eigenvalue weighted by atomic mass is 16.5. The summed E-state index contributed by atoms with van der Waals surface area (Å²) >= 11 is 0. The van der Waals surface area contributed by atoms with Crippen LogP contribution in [0.1, 0.15) is 83.1 Å². The minimum absolute atomic E-state index is 0.266. The predicted octanol–water partition coefficient (Wildman–Crippen LogP) is 4.85. The highest BCUT2D eigenvalue weighted by Crippen LogP contribution is 2.50. The van der Waals surface area contributed by atoms with Gasteiger partial charge in [-0.2, -0.15) is 0 Å². The summed E-state index contributed by atoms with van der Waals surface area (Å²) in [6.07, 6.45) is 9.22. The molecule has 2 aliphatic rings. The van der Waals surface area contributed by atoms with Gasteiger partial charge >= 0.3 is 5.97 Å². The molecule has 0 spiro atoms. The van der Waals surface area contributed by atoms with Gasteiger partial charge < -0.3 is 14.5 Å². The highest BCUT2D eigenvalue weighted by molar-refractivity contribution is 5.93. The number of aromatic amines is 1. The Morgan fingerprint density at radius 2 is 1.81 bits per heavy atom. The second-order valence-corrected chi connectivity index (χ2v) is 7.86. The van der Waals surface area contributed by atoms with Crippen LogP contribution in [0.5, 0.6) is 0 Å². The van der Waals surface area contributed by atoms with Crippen LogP contribution in [0.4, 0.5) is 0 Å². The molecule has 2 saturated carbocycles. The topological polar surface area (TPSA) is 64.2 Å². The summed E-state index contributed by atoms with van der Waals surface area (Å²) in [6.45, 7) is 2.58. The smallest absolute Gasteiger partial charge is 0.338 e. The Morgan fingerprint density at radius 1 is 1.15 bits per heavy atom. The highest BCUT2D eigenvalue weighted by Gasteiger charge is 2.34. The first kappa shape index (κ1) is 18.2. The van der Waals surface area contributed by atoms with E-state index in [0.717, 1.165) is 22.6 Å². The number of nitrogens with one attached hydrogen (secondary N) is 1. The molecular formula is C22H28N2O3. The number of benzene rings is 1. The van der Waals surface area contributed by atoms with Gasteiger partial charge in [0.2, 0.25) is 0 Å². The second-order valence-electron chi connectivity index (χ2n) is 7.86. The zero-order valence-electron chi connectivity index (χ0n) is 16.4. The largest absolute Gasteiger partial charge is 0.465 e. The van der Waals surface area contributed by atoms with Crippen LogP contribution in [0.15, 0.2) is 12.3 Å². The maximum absolute atomic E-state index is 12.5. The fourth-order valence-electron chi connectivity index (χ4n) is 4.43. The maximum Gasteiger partial charge on any atom is 0.338 e. The van der Waals surface area contributed by atoms with Gasteiger partial charge in [-0.3, -0.25) is 0 Å². The van der Waals surface area contributed by atoms with Gasteiger partial charge in [-0.25, -0.2) is 9.78 Å². The third-order valence-corrected chi connectivity index (χ3v) is 6.29. The maximum atomic E-state index is 12.5. The van der Waals surface area contributed by atoms with Crippen molar-refractivity contribution in [2.75, 3.05) is 14.2 Å². The zero-order valence-corrected chi connectivity index (χ0v) is 16.4. The van der Waals surface area contributed by atoms with E-state index in [-0.39, 0.29) is 5.97 Å². The molecule has 5 heteroatoms. The molecule has 2 aromatic rings. The number of rotatable bonds is 6. The number of hydrogen-bond acceptors (Lipinski definition) is 4. The summed E-state index contributed by atoms with van der Waals surface area (Å²) < 4.78 is 10.3. The van der Waals surface area contributed by atoms with Crippen molar-refractivity contribution >= 4 is 5.97 Å². The summed E-state index contributed by atoms with van der Waals surface area (Å²) in [6, 6.07) is 1.99. The molecule has 5 nitrogen and oxygen atoms in total. The van der Waals surface area contributed by atoms with Gasteiger partial charge in [-0.15, -0.1) is 0 Å². The minimum Gasteiger partial charge on any atom is -0.465 e.